The molecule has 5 rings (SSSR count). The van der Waals surface area contributed by atoms with Crippen LogP contribution in [0.1, 0.15) is 80.2 Å². The summed E-state index contributed by atoms with van der Waals surface area (Å²) in [7, 11) is 0. The second kappa shape index (κ2) is 11.3. The SMILES string of the molecule is CC(C)NCCN(N)c1cccnc1C1CCC(c2nnc(C(F)F)s2)N(c2ncnc3c2C(C)(C)C(=O)N3)C1. The molecule has 0 radical (unpaired) electrons. The van der Waals surface area contributed by atoms with E-state index in [4.69, 9.17) is 10.8 Å². The molecular weight excluding hydrogens is 538 g/mol. The molecule has 0 spiro atoms. The first-order valence-corrected chi connectivity index (χ1v) is 14.1. The molecule has 2 unspecified atom stereocenters. The highest BCUT2D eigenvalue weighted by Gasteiger charge is 2.45. The van der Waals surface area contributed by atoms with E-state index in [2.05, 4.69) is 44.6 Å². The number of amides is 1. The van der Waals surface area contributed by atoms with E-state index in [9.17, 15) is 13.6 Å². The number of nitrogens with two attached hydrogens (primary N) is 1. The maximum absolute atomic E-state index is 13.4. The average molecular weight is 573 g/mol. The normalized spacial score (nSPS) is 20.2. The molecule has 11 nitrogen and oxygen atoms in total. The number of rotatable bonds is 9. The fourth-order valence-corrected chi connectivity index (χ4v) is 6.20. The van der Waals surface area contributed by atoms with Crippen molar-refractivity contribution in [2.24, 2.45) is 5.84 Å². The number of nitrogens with one attached hydrogen (secondary N) is 2. The van der Waals surface area contributed by atoms with Gasteiger partial charge >= 0.3 is 0 Å². The molecular formula is C26H34F2N10OS. The van der Waals surface area contributed by atoms with Crippen LogP contribution in [0.15, 0.2) is 24.7 Å². The number of aromatic nitrogens is 5. The minimum atomic E-state index is -2.70. The van der Waals surface area contributed by atoms with E-state index in [1.165, 1.54) is 6.33 Å². The van der Waals surface area contributed by atoms with Gasteiger partial charge in [0.05, 0.1) is 28.4 Å². The summed E-state index contributed by atoms with van der Waals surface area (Å²) in [5.41, 5.74) is 1.47. The zero-order valence-corrected chi connectivity index (χ0v) is 23.8. The highest BCUT2D eigenvalue weighted by Crippen LogP contribution is 2.47. The summed E-state index contributed by atoms with van der Waals surface area (Å²) < 4.78 is 26.9. The summed E-state index contributed by atoms with van der Waals surface area (Å²) in [6, 6.07) is 3.81. The number of hydrogen-bond donors (Lipinski definition) is 3. The van der Waals surface area contributed by atoms with E-state index in [1.54, 1.807) is 11.2 Å². The molecule has 3 aromatic rings. The number of hydrazine groups is 1. The fourth-order valence-electron chi connectivity index (χ4n) is 5.36. The molecule has 1 amide bonds. The Morgan fingerprint density at radius 2 is 2.05 bits per heavy atom. The summed E-state index contributed by atoms with van der Waals surface area (Å²) in [5.74, 6) is 7.30. The smallest absolute Gasteiger partial charge is 0.291 e. The van der Waals surface area contributed by atoms with Crippen LogP contribution in [0.25, 0.3) is 0 Å². The third kappa shape index (κ3) is 5.34. The summed E-state index contributed by atoms with van der Waals surface area (Å²) in [4.78, 5) is 28.5. The van der Waals surface area contributed by atoms with Gasteiger partial charge in [-0.25, -0.2) is 24.6 Å². The van der Waals surface area contributed by atoms with Gasteiger partial charge in [-0.2, -0.15) is 0 Å². The van der Waals surface area contributed by atoms with Gasteiger partial charge in [0.15, 0.2) is 5.01 Å². The van der Waals surface area contributed by atoms with Crippen LogP contribution in [0.2, 0.25) is 0 Å². The number of halogens is 2. The lowest BCUT2D eigenvalue weighted by atomic mass is 9.84. The van der Waals surface area contributed by atoms with Crippen LogP contribution < -0.4 is 26.4 Å². The predicted octanol–water partition coefficient (Wildman–Crippen LogP) is 3.69. The number of pyridine rings is 1. The molecule has 5 heterocycles. The summed E-state index contributed by atoms with van der Waals surface area (Å²) in [5, 5.41) is 16.0. The molecule has 2 atom stereocenters. The largest absolute Gasteiger partial charge is 0.346 e. The Kier molecular flexibility index (Phi) is 7.93. The second-order valence-corrected chi connectivity index (χ2v) is 12.0. The number of piperidine rings is 1. The quantitative estimate of drug-likeness (QED) is 0.257. The van der Waals surface area contributed by atoms with Gasteiger partial charge in [0, 0.05) is 37.8 Å². The van der Waals surface area contributed by atoms with Gasteiger partial charge in [0.2, 0.25) is 5.91 Å². The van der Waals surface area contributed by atoms with Crippen molar-refractivity contribution in [1.82, 2.24) is 30.5 Å². The second-order valence-electron chi connectivity index (χ2n) is 10.9. The molecule has 3 aromatic heterocycles. The van der Waals surface area contributed by atoms with E-state index >= 15 is 0 Å². The highest BCUT2D eigenvalue weighted by atomic mass is 32.1. The van der Waals surface area contributed by atoms with Crippen molar-refractivity contribution in [3.63, 3.8) is 0 Å². The minimum Gasteiger partial charge on any atom is -0.346 e. The van der Waals surface area contributed by atoms with Crippen LogP contribution >= 0.6 is 11.3 Å². The molecule has 14 heteroatoms. The average Bonchev–Trinajstić information content (AvgIpc) is 3.51. The molecule has 2 aliphatic rings. The Labute approximate surface area is 235 Å². The molecule has 214 valence electrons. The topological polar surface area (TPSA) is 138 Å². The first kappa shape index (κ1) is 28.2. The number of fused-ring (bicyclic) bond motifs is 1. The molecule has 2 aliphatic heterocycles. The number of anilines is 3. The van der Waals surface area contributed by atoms with E-state index in [0.29, 0.717) is 54.3 Å². The molecule has 0 bridgehead atoms. The third-order valence-electron chi connectivity index (χ3n) is 7.45. The zero-order valence-electron chi connectivity index (χ0n) is 22.9. The van der Waals surface area contributed by atoms with Crippen molar-refractivity contribution < 1.29 is 13.6 Å². The van der Waals surface area contributed by atoms with Crippen molar-refractivity contribution in [2.45, 2.75) is 70.4 Å². The Morgan fingerprint density at radius 3 is 2.77 bits per heavy atom. The van der Waals surface area contributed by atoms with Crippen molar-refractivity contribution in [1.29, 1.82) is 0 Å². The third-order valence-corrected chi connectivity index (χ3v) is 8.48. The Morgan fingerprint density at radius 1 is 1.25 bits per heavy atom. The number of carbonyl (C=O) groups excluding carboxylic acids is 1. The van der Waals surface area contributed by atoms with Crippen LogP contribution in [0.4, 0.5) is 26.1 Å². The van der Waals surface area contributed by atoms with Gasteiger partial charge in [0.25, 0.3) is 6.43 Å². The fraction of sp³-hybridized carbons (Fsp3) is 0.538. The van der Waals surface area contributed by atoms with Crippen molar-refractivity contribution in [3.8, 4) is 0 Å². The zero-order chi connectivity index (χ0) is 28.6. The summed E-state index contributed by atoms with van der Waals surface area (Å²) >= 11 is 0.905. The lowest BCUT2D eigenvalue weighted by molar-refractivity contribution is -0.119. The number of nitrogens with zero attached hydrogens (tertiary/aromatic N) is 7. The first-order chi connectivity index (χ1) is 19.1. The van der Waals surface area contributed by atoms with Gasteiger partial charge in [-0.15, -0.1) is 10.2 Å². The summed E-state index contributed by atoms with van der Waals surface area (Å²) in [6.07, 6.45) is 1.79. The molecule has 0 aromatic carbocycles. The van der Waals surface area contributed by atoms with Crippen LogP contribution in [0.5, 0.6) is 0 Å². The lowest BCUT2D eigenvalue weighted by Crippen LogP contribution is -2.42. The molecule has 1 fully saturated rings. The monoisotopic (exact) mass is 572 g/mol. The van der Waals surface area contributed by atoms with Gasteiger partial charge in [0.1, 0.15) is 23.0 Å². The predicted molar refractivity (Wildman–Crippen MR) is 150 cm³/mol. The number of carbonyl (C=O) groups is 1. The van der Waals surface area contributed by atoms with Crippen LogP contribution in [0.3, 0.4) is 0 Å². The number of hydrogen-bond acceptors (Lipinski definition) is 11. The van der Waals surface area contributed by atoms with Gasteiger partial charge in [-0.1, -0.05) is 25.2 Å². The molecule has 0 aliphatic carbocycles. The standard InChI is InChI=1S/C26H34F2N10OS/c1-14(2)30-10-11-38(29)16-6-5-9-31-19(16)15-7-8-17(23-35-36-24(40-23)20(27)28)37(12-15)22-18-21(32-13-33-22)34-25(39)26(18,3)4/h5-6,9,13-15,17,20,30H,7-8,10-12,29H2,1-4H3,(H,32,33,34,39). The molecule has 4 N–H and O–H groups in total. The van der Waals surface area contributed by atoms with Crippen molar-refractivity contribution >= 4 is 34.6 Å². The van der Waals surface area contributed by atoms with E-state index in [-0.39, 0.29) is 22.9 Å². The molecule has 40 heavy (non-hydrogen) atoms. The van der Waals surface area contributed by atoms with Gasteiger partial charge in [-0.3, -0.25) is 9.78 Å². The van der Waals surface area contributed by atoms with Crippen molar-refractivity contribution in [2.75, 3.05) is 34.9 Å². The Bertz CT molecular complexity index is 1370. The van der Waals surface area contributed by atoms with Crippen LogP contribution in [-0.2, 0) is 10.2 Å². The molecule has 1 saturated heterocycles. The van der Waals surface area contributed by atoms with Gasteiger partial charge < -0.3 is 20.5 Å². The lowest BCUT2D eigenvalue weighted by Gasteiger charge is -2.41. The highest BCUT2D eigenvalue weighted by molar-refractivity contribution is 7.11. The van der Waals surface area contributed by atoms with E-state index in [1.807, 2.05) is 30.9 Å². The van der Waals surface area contributed by atoms with Gasteiger partial charge in [-0.05, 0) is 38.8 Å². The minimum absolute atomic E-state index is 0.0437. The molecule has 0 saturated carbocycles. The van der Waals surface area contributed by atoms with Crippen LogP contribution in [0, 0.1) is 0 Å². The Hall–Kier alpha value is -3.36. The van der Waals surface area contributed by atoms with E-state index < -0.39 is 11.8 Å². The van der Waals surface area contributed by atoms with Crippen molar-refractivity contribution in [3.05, 3.63) is 45.9 Å². The maximum Gasteiger partial charge on any atom is 0.291 e. The number of alkyl halides is 2. The van der Waals surface area contributed by atoms with Crippen LogP contribution in [-0.4, -0.2) is 56.7 Å². The van der Waals surface area contributed by atoms with E-state index in [0.717, 1.165) is 29.1 Å². The first-order valence-electron chi connectivity index (χ1n) is 13.3. The maximum atomic E-state index is 13.4. The Balaban J connectivity index is 1.52. The summed E-state index contributed by atoms with van der Waals surface area (Å²) in [6.45, 7) is 9.59.